The Balaban J connectivity index is 2.07. The highest BCUT2D eigenvalue weighted by atomic mass is 32.2. The van der Waals surface area contributed by atoms with E-state index in [4.69, 9.17) is 5.73 Å². The molecule has 0 bridgehead atoms. The Labute approximate surface area is 125 Å². The van der Waals surface area contributed by atoms with Gasteiger partial charge in [-0.1, -0.05) is 6.92 Å². The van der Waals surface area contributed by atoms with Crippen molar-refractivity contribution in [2.75, 3.05) is 32.4 Å². The highest BCUT2D eigenvalue weighted by Gasteiger charge is 2.30. The summed E-state index contributed by atoms with van der Waals surface area (Å²) < 4.78 is 40.4. The molecule has 3 N–H and O–H groups in total. The van der Waals surface area contributed by atoms with E-state index in [0.29, 0.717) is 6.54 Å². The van der Waals surface area contributed by atoms with Crippen LogP contribution in [0.25, 0.3) is 0 Å². The molecule has 2 rings (SSSR count). The van der Waals surface area contributed by atoms with E-state index in [1.807, 2.05) is 0 Å². The standard InChI is InChI=1S/C14H22FN3O2S/c1-14(3-5-18(2)6-4-14)10-17-21(19,20)13-8-11(15)7-12(16)9-13/h7-9,17H,3-6,10,16H2,1-2H3. The van der Waals surface area contributed by atoms with Gasteiger partial charge in [0.1, 0.15) is 5.82 Å². The number of halogens is 1. The number of nitrogens with one attached hydrogen (secondary N) is 1. The van der Waals surface area contributed by atoms with Crippen LogP contribution in [-0.2, 0) is 10.0 Å². The molecule has 0 aromatic heterocycles. The minimum absolute atomic E-state index is 0.0710. The van der Waals surface area contributed by atoms with Gasteiger partial charge >= 0.3 is 0 Å². The molecule has 0 saturated carbocycles. The monoisotopic (exact) mass is 315 g/mol. The Hall–Kier alpha value is -1.18. The second-order valence-corrected chi connectivity index (χ2v) is 7.93. The molecule has 118 valence electrons. The van der Waals surface area contributed by atoms with Gasteiger partial charge in [0.15, 0.2) is 0 Å². The van der Waals surface area contributed by atoms with E-state index >= 15 is 0 Å². The fraction of sp³-hybridized carbons (Fsp3) is 0.571. The topological polar surface area (TPSA) is 75.4 Å². The number of nitrogen functional groups attached to an aromatic ring is 1. The summed E-state index contributed by atoms with van der Waals surface area (Å²) in [6.45, 7) is 4.32. The van der Waals surface area contributed by atoms with Crippen molar-refractivity contribution in [1.82, 2.24) is 9.62 Å². The Morgan fingerprint density at radius 2 is 1.95 bits per heavy atom. The molecule has 0 aliphatic carbocycles. The van der Waals surface area contributed by atoms with Crippen LogP contribution in [0.15, 0.2) is 23.1 Å². The summed E-state index contributed by atoms with van der Waals surface area (Å²) in [5.74, 6) is -0.652. The lowest BCUT2D eigenvalue weighted by Gasteiger charge is -2.37. The number of anilines is 1. The van der Waals surface area contributed by atoms with Crippen LogP contribution in [0.1, 0.15) is 19.8 Å². The Morgan fingerprint density at radius 3 is 2.52 bits per heavy atom. The van der Waals surface area contributed by atoms with Crippen LogP contribution in [0, 0.1) is 11.2 Å². The summed E-state index contributed by atoms with van der Waals surface area (Å²) in [4.78, 5) is 2.10. The third-order valence-corrected chi connectivity index (χ3v) is 5.47. The second-order valence-electron chi connectivity index (χ2n) is 6.16. The molecule has 5 nitrogen and oxygen atoms in total. The number of hydrogen-bond donors (Lipinski definition) is 2. The molecule has 1 saturated heterocycles. The van der Waals surface area contributed by atoms with Crippen molar-refractivity contribution in [3.63, 3.8) is 0 Å². The maximum atomic E-state index is 13.3. The molecule has 0 atom stereocenters. The molecular formula is C14H22FN3O2S. The van der Waals surface area contributed by atoms with E-state index in [0.717, 1.165) is 38.1 Å². The number of hydrogen-bond acceptors (Lipinski definition) is 4. The summed E-state index contributed by atoms with van der Waals surface area (Å²) >= 11 is 0. The lowest BCUT2D eigenvalue weighted by atomic mass is 9.81. The van der Waals surface area contributed by atoms with Gasteiger partial charge in [0, 0.05) is 12.2 Å². The first-order chi connectivity index (χ1) is 9.70. The highest BCUT2D eigenvalue weighted by molar-refractivity contribution is 7.89. The Kier molecular flexibility index (Phi) is 4.55. The number of rotatable bonds is 4. The van der Waals surface area contributed by atoms with Crippen molar-refractivity contribution in [3.8, 4) is 0 Å². The summed E-state index contributed by atoms with van der Waals surface area (Å²) in [6.07, 6.45) is 1.86. The molecule has 7 heteroatoms. The molecule has 1 aliphatic rings. The molecule has 0 unspecified atom stereocenters. The zero-order chi connectivity index (χ0) is 15.7. The van der Waals surface area contributed by atoms with Crippen molar-refractivity contribution >= 4 is 15.7 Å². The SMILES string of the molecule is CN1CCC(C)(CNS(=O)(=O)c2cc(N)cc(F)c2)CC1. The van der Waals surface area contributed by atoms with Crippen LogP contribution in [0.4, 0.5) is 10.1 Å². The molecule has 21 heavy (non-hydrogen) atoms. The van der Waals surface area contributed by atoms with E-state index in [2.05, 4.69) is 23.6 Å². The highest BCUT2D eigenvalue weighted by Crippen LogP contribution is 2.30. The molecule has 0 spiro atoms. The van der Waals surface area contributed by atoms with Gasteiger partial charge in [-0.05, 0) is 56.6 Å². The number of piperidine rings is 1. The molecule has 1 fully saturated rings. The molecular weight excluding hydrogens is 293 g/mol. The Morgan fingerprint density at radius 1 is 1.33 bits per heavy atom. The van der Waals surface area contributed by atoms with Gasteiger partial charge in [0.25, 0.3) is 0 Å². The van der Waals surface area contributed by atoms with Gasteiger partial charge in [0.2, 0.25) is 10.0 Å². The lowest BCUT2D eigenvalue weighted by molar-refractivity contribution is 0.143. The molecule has 0 amide bonds. The zero-order valence-electron chi connectivity index (χ0n) is 12.4. The minimum Gasteiger partial charge on any atom is -0.399 e. The summed E-state index contributed by atoms with van der Waals surface area (Å²) in [7, 11) is -1.69. The predicted molar refractivity (Wildman–Crippen MR) is 80.8 cm³/mol. The van der Waals surface area contributed by atoms with E-state index < -0.39 is 15.8 Å². The van der Waals surface area contributed by atoms with Crippen molar-refractivity contribution in [2.24, 2.45) is 5.41 Å². The first-order valence-corrected chi connectivity index (χ1v) is 8.43. The number of likely N-dealkylation sites (tertiary alicyclic amines) is 1. The van der Waals surface area contributed by atoms with Crippen LogP contribution in [0.2, 0.25) is 0 Å². The van der Waals surface area contributed by atoms with Crippen LogP contribution in [0.5, 0.6) is 0 Å². The van der Waals surface area contributed by atoms with E-state index in [9.17, 15) is 12.8 Å². The van der Waals surface area contributed by atoms with E-state index in [1.54, 1.807) is 0 Å². The van der Waals surface area contributed by atoms with Gasteiger partial charge in [-0.15, -0.1) is 0 Å². The number of nitrogens with zero attached hydrogens (tertiary/aromatic N) is 1. The zero-order valence-corrected chi connectivity index (χ0v) is 13.2. The largest absolute Gasteiger partial charge is 0.399 e. The maximum Gasteiger partial charge on any atom is 0.240 e. The third-order valence-electron chi connectivity index (χ3n) is 4.09. The normalized spacial score (nSPS) is 19.6. The molecule has 1 aliphatic heterocycles. The molecule has 1 heterocycles. The average molecular weight is 315 g/mol. The van der Waals surface area contributed by atoms with Crippen molar-refractivity contribution in [1.29, 1.82) is 0 Å². The maximum absolute atomic E-state index is 13.3. The first kappa shape index (κ1) is 16.2. The van der Waals surface area contributed by atoms with Gasteiger partial charge in [0.05, 0.1) is 4.90 Å². The fourth-order valence-electron chi connectivity index (χ4n) is 2.43. The molecule has 0 radical (unpaired) electrons. The first-order valence-electron chi connectivity index (χ1n) is 6.95. The summed E-state index contributed by atoms with van der Waals surface area (Å²) in [6, 6.07) is 3.34. The van der Waals surface area contributed by atoms with Gasteiger partial charge in [-0.25, -0.2) is 17.5 Å². The van der Waals surface area contributed by atoms with Crippen LogP contribution < -0.4 is 10.5 Å². The minimum atomic E-state index is -3.74. The summed E-state index contributed by atoms with van der Waals surface area (Å²) in [5.41, 5.74) is 5.53. The average Bonchev–Trinajstić information content (AvgIpc) is 2.40. The quantitative estimate of drug-likeness (QED) is 0.824. The van der Waals surface area contributed by atoms with E-state index in [-0.39, 0.29) is 16.0 Å². The lowest BCUT2D eigenvalue weighted by Crippen LogP contribution is -2.43. The predicted octanol–water partition coefficient (Wildman–Crippen LogP) is 1.42. The third kappa shape index (κ3) is 4.15. The van der Waals surface area contributed by atoms with Crippen LogP contribution in [-0.4, -0.2) is 40.0 Å². The number of sulfonamides is 1. The van der Waals surface area contributed by atoms with Gasteiger partial charge in [-0.3, -0.25) is 0 Å². The number of benzene rings is 1. The van der Waals surface area contributed by atoms with E-state index in [1.165, 1.54) is 6.07 Å². The number of nitrogens with two attached hydrogens (primary N) is 1. The molecule has 1 aromatic carbocycles. The van der Waals surface area contributed by atoms with Crippen LogP contribution in [0.3, 0.4) is 0 Å². The summed E-state index contributed by atoms with van der Waals surface area (Å²) in [5, 5.41) is 0. The van der Waals surface area contributed by atoms with Crippen molar-refractivity contribution in [3.05, 3.63) is 24.0 Å². The molecule has 1 aromatic rings. The second kappa shape index (κ2) is 5.90. The van der Waals surface area contributed by atoms with Gasteiger partial charge < -0.3 is 10.6 Å². The van der Waals surface area contributed by atoms with Crippen molar-refractivity contribution in [2.45, 2.75) is 24.7 Å². The Bertz CT molecular complexity index is 590. The van der Waals surface area contributed by atoms with Crippen molar-refractivity contribution < 1.29 is 12.8 Å². The van der Waals surface area contributed by atoms with Gasteiger partial charge in [-0.2, -0.15) is 0 Å². The van der Waals surface area contributed by atoms with Crippen LogP contribution >= 0.6 is 0 Å². The fourth-order valence-corrected chi connectivity index (χ4v) is 3.69. The smallest absolute Gasteiger partial charge is 0.240 e.